The zero-order valence-corrected chi connectivity index (χ0v) is 12.3. The lowest BCUT2D eigenvalue weighted by Gasteiger charge is -2.08. The Kier molecular flexibility index (Phi) is 4.50. The van der Waals surface area contributed by atoms with E-state index in [0.29, 0.717) is 21.7 Å². The Morgan fingerprint density at radius 3 is 2.79 bits per heavy atom. The number of halogens is 1. The maximum absolute atomic E-state index is 5.99. The highest BCUT2D eigenvalue weighted by Gasteiger charge is 2.07. The molecule has 2 aromatic rings. The molecular weight excluding hydrogens is 282 g/mol. The van der Waals surface area contributed by atoms with Crippen LogP contribution in [0.1, 0.15) is 11.3 Å². The lowest BCUT2D eigenvalue weighted by atomic mass is 10.2. The number of ether oxygens (including phenoxy) is 1. The predicted molar refractivity (Wildman–Crippen MR) is 78.7 cm³/mol. The standard InChI is InChI=1S/C13H14ClN3OS/c1-8-5-12(15)17-13(16-8)19-7-9-6-10(14)3-4-11(9)18-2/h3-6H,7H2,1-2H3,(H2,15,16,17). The van der Waals surface area contributed by atoms with Crippen LogP contribution in [0.25, 0.3) is 0 Å². The van der Waals surface area contributed by atoms with Crippen LogP contribution in [0.4, 0.5) is 5.82 Å². The molecule has 19 heavy (non-hydrogen) atoms. The molecule has 100 valence electrons. The molecule has 6 heteroatoms. The van der Waals surface area contributed by atoms with Crippen LogP contribution in [0, 0.1) is 6.92 Å². The molecule has 0 saturated carbocycles. The minimum absolute atomic E-state index is 0.480. The third kappa shape index (κ3) is 3.75. The first kappa shape index (κ1) is 14.0. The molecule has 0 bridgehead atoms. The van der Waals surface area contributed by atoms with Gasteiger partial charge in [0.2, 0.25) is 0 Å². The predicted octanol–water partition coefficient (Wildman–Crippen LogP) is 3.32. The average Bonchev–Trinajstić information content (AvgIpc) is 2.35. The molecule has 0 saturated heterocycles. The second-order valence-corrected chi connectivity index (χ2v) is 5.34. The van der Waals surface area contributed by atoms with E-state index in [-0.39, 0.29) is 0 Å². The van der Waals surface area contributed by atoms with Crippen LogP contribution in [-0.2, 0) is 5.75 Å². The third-order valence-corrected chi connectivity index (χ3v) is 3.58. The molecule has 2 N–H and O–H groups in total. The summed E-state index contributed by atoms with van der Waals surface area (Å²) in [4.78, 5) is 8.51. The van der Waals surface area contributed by atoms with Crippen molar-refractivity contribution < 1.29 is 4.74 Å². The third-order valence-electron chi connectivity index (χ3n) is 2.45. The molecule has 0 unspecified atom stereocenters. The summed E-state index contributed by atoms with van der Waals surface area (Å²) in [5, 5.41) is 1.33. The molecule has 0 fully saturated rings. The normalized spacial score (nSPS) is 10.5. The number of methoxy groups -OCH3 is 1. The molecule has 0 radical (unpaired) electrons. The van der Waals surface area contributed by atoms with Gasteiger partial charge in [0.25, 0.3) is 0 Å². The SMILES string of the molecule is COc1ccc(Cl)cc1CSc1nc(C)cc(N)n1. The van der Waals surface area contributed by atoms with Gasteiger partial charge in [-0.3, -0.25) is 0 Å². The number of thioether (sulfide) groups is 1. The first-order valence-corrected chi connectivity index (χ1v) is 7.01. The molecule has 4 nitrogen and oxygen atoms in total. The Balaban J connectivity index is 2.16. The van der Waals surface area contributed by atoms with Crippen LogP contribution in [0.3, 0.4) is 0 Å². The highest BCUT2D eigenvalue weighted by Crippen LogP contribution is 2.29. The topological polar surface area (TPSA) is 61.0 Å². The average molecular weight is 296 g/mol. The number of aromatic nitrogens is 2. The van der Waals surface area contributed by atoms with E-state index < -0.39 is 0 Å². The monoisotopic (exact) mass is 295 g/mol. The van der Waals surface area contributed by atoms with Crippen molar-refractivity contribution in [1.29, 1.82) is 0 Å². The van der Waals surface area contributed by atoms with Gasteiger partial charge in [-0.2, -0.15) is 0 Å². The Hall–Kier alpha value is -1.46. The summed E-state index contributed by atoms with van der Waals surface area (Å²) in [7, 11) is 1.64. The van der Waals surface area contributed by atoms with E-state index in [1.165, 1.54) is 11.8 Å². The Morgan fingerprint density at radius 1 is 1.32 bits per heavy atom. The first-order chi connectivity index (χ1) is 9.08. The van der Waals surface area contributed by atoms with E-state index in [2.05, 4.69) is 9.97 Å². The molecule has 0 atom stereocenters. The molecule has 0 aliphatic carbocycles. The van der Waals surface area contributed by atoms with Crippen LogP contribution < -0.4 is 10.5 Å². The van der Waals surface area contributed by atoms with Crippen molar-refractivity contribution in [2.24, 2.45) is 0 Å². The lowest BCUT2D eigenvalue weighted by molar-refractivity contribution is 0.411. The van der Waals surface area contributed by atoms with Gasteiger partial charge in [-0.25, -0.2) is 9.97 Å². The quantitative estimate of drug-likeness (QED) is 0.692. The van der Waals surface area contributed by atoms with Crippen LogP contribution in [-0.4, -0.2) is 17.1 Å². The number of aryl methyl sites for hydroxylation is 1. The van der Waals surface area contributed by atoms with Gasteiger partial charge in [0.05, 0.1) is 7.11 Å². The Labute approximate surface area is 121 Å². The van der Waals surface area contributed by atoms with Gasteiger partial charge < -0.3 is 10.5 Å². The second kappa shape index (κ2) is 6.12. The zero-order valence-electron chi connectivity index (χ0n) is 10.7. The smallest absolute Gasteiger partial charge is 0.190 e. The van der Waals surface area contributed by atoms with Crippen molar-refractivity contribution in [3.05, 3.63) is 40.5 Å². The van der Waals surface area contributed by atoms with E-state index in [1.54, 1.807) is 19.2 Å². The number of rotatable bonds is 4. The Bertz CT molecular complexity index is 572. The maximum atomic E-state index is 5.99. The summed E-state index contributed by atoms with van der Waals surface area (Å²) >= 11 is 7.49. The van der Waals surface area contributed by atoms with Crippen molar-refractivity contribution in [3.8, 4) is 5.75 Å². The second-order valence-electron chi connectivity index (χ2n) is 3.96. The summed E-state index contributed by atoms with van der Waals surface area (Å²) in [6.07, 6.45) is 0. The molecular formula is C13H14ClN3OS. The summed E-state index contributed by atoms with van der Waals surface area (Å²) in [5.41, 5.74) is 7.56. The van der Waals surface area contributed by atoms with E-state index in [0.717, 1.165) is 17.0 Å². The molecule has 2 rings (SSSR count). The maximum Gasteiger partial charge on any atom is 0.190 e. The summed E-state index contributed by atoms with van der Waals surface area (Å²) in [6, 6.07) is 7.27. The van der Waals surface area contributed by atoms with Gasteiger partial charge in [0.15, 0.2) is 5.16 Å². The first-order valence-electron chi connectivity index (χ1n) is 5.65. The van der Waals surface area contributed by atoms with E-state index in [4.69, 9.17) is 22.1 Å². The van der Waals surface area contributed by atoms with Crippen molar-refractivity contribution in [3.63, 3.8) is 0 Å². The zero-order chi connectivity index (χ0) is 13.8. The van der Waals surface area contributed by atoms with Gasteiger partial charge in [-0.05, 0) is 25.1 Å². The van der Waals surface area contributed by atoms with Gasteiger partial charge in [0.1, 0.15) is 11.6 Å². The molecule has 1 aromatic heterocycles. The van der Waals surface area contributed by atoms with E-state index in [1.807, 2.05) is 19.1 Å². The van der Waals surface area contributed by atoms with E-state index >= 15 is 0 Å². The highest BCUT2D eigenvalue weighted by molar-refractivity contribution is 7.98. The molecule has 1 heterocycles. The summed E-state index contributed by atoms with van der Waals surface area (Å²) in [6.45, 7) is 1.89. The van der Waals surface area contributed by atoms with Crippen LogP contribution in [0.15, 0.2) is 29.4 Å². The lowest BCUT2D eigenvalue weighted by Crippen LogP contribution is -1.97. The number of benzene rings is 1. The fraction of sp³-hybridized carbons (Fsp3) is 0.231. The minimum atomic E-state index is 0.480. The summed E-state index contributed by atoms with van der Waals surface area (Å²) < 4.78 is 5.30. The largest absolute Gasteiger partial charge is 0.496 e. The number of nitrogens with two attached hydrogens (primary N) is 1. The van der Waals surface area contributed by atoms with Gasteiger partial charge in [0, 0.05) is 28.1 Å². The number of hydrogen-bond acceptors (Lipinski definition) is 5. The van der Waals surface area contributed by atoms with E-state index in [9.17, 15) is 0 Å². The molecule has 0 spiro atoms. The van der Waals surface area contributed by atoms with Crippen molar-refractivity contribution in [2.45, 2.75) is 17.8 Å². The van der Waals surface area contributed by atoms with Crippen LogP contribution >= 0.6 is 23.4 Å². The molecule has 0 amide bonds. The van der Waals surface area contributed by atoms with Crippen molar-refractivity contribution in [2.75, 3.05) is 12.8 Å². The fourth-order valence-electron chi connectivity index (χ4n) is 1.63. The number of nitrogen functional groups attached to an aromatic ring is 1. The van der Waals surface area contributed by atoms with Gasteiger partial charge >= 0.3 is 0 Å². The fourth-order valence-corrected chi connectivity index (χ4v) is 2.72. The number of hydrogen-bond donors (Lipinski definition) is 1. The highest BCUT2D eigenvalue weighted by atomic mass is 35.5. The van der Waals surface area contributed by atoms with Crippen LogP contribution in [0.5, 0.6) is 5.75 Å². The van der Waals surface area contributed by atoms with Gasteiger partial charge in [-0.15, -0.1) is 0 Å². The molecule has 0 aliphatic rings. The van der Waals surface area contributed by atoms with Crippen molar-refractivity contribution >= 4 is 29.2 Å². The number of anilines is 1. The van der Waals surface area contributed by atoms with Crippen LogP contribution in [0.2, 0.25) is 5.02 Å². The molecule has 1 aromatic carbocycles. The molecule has 0 aliphatic heterocycles. The van der Waals surface area contributed by atoms with Gasteiger partial charge in [-0.1, -0.05) is 23.4 Å². The minimum Gasteiger partial charge on any atom is -0.496 e. The summed E-state index contributed by atoms with van der Waals surface area (Å²) in [5.74, 6) is 1.96. The van der Waals surface area contributed by atoms with Crippen molar-refractivity contribution in [1.82, 2.24) is 9.97 Å². The Morgan fingerprint density at radius 2 is 2.11 bits per heavy atom. The number of nitrogens with zero attached hydrogens (tertiary/aromatic N) is 2.